The Hall–Kier alpha value is -1.11. The van der Waals surface area contributed by atoms with Crippen LogP contribution in [0.5, 0.6) is 0 Å². The molecule has 0 saturated carbocycles. The number of likely N-dealkylation sites (N-methyl/N-ethyl adjacent to an activating group) is 1. The van der Waals surface area contributed by atoms with E-state index in [9.17, 15) is 4.79 Å². The monoisotopic (exact) mass is 354 g/mol. The van der Waals surface area contributed by atoms with Crippen molar-refractivity contribution in [2.24, 2.45) is 0 Å². The van der Waals surface area contributed by atoms with Crippen molar-refractivity contribution in [3.05, 3.63) is 28.2 Å². The number of hydrogen-bond donors (Lipinski definition) is 2. The molecule has 1 amide bonds. The van der Waals surface area contributed by atoms with Gasteiger partial charge in [-0.15, -0.1) is 0 Å². The highest BCUT2D eigenvalue weighted by Crippen LogP contribution is 2.18. The standard InChI is InChI=1S/C15H23BrN4O/c1-19-7-9-20(10-8-19)6-2-5-18-15(21)13-4-3-12(16)11-14(13)17/h3-4,11H,2,5-10,17H2,1H3,(H,18,21). The first-order valence-electron chi connectivity index (χ1n) is 7.30. The Morgan fingerprint density at radius 2 is 2.05 bits per heavy atom. The van der Waals surface area contributed by atoms with Crippen LogP contribution in [-0.4, -0.2) is 62.0 Å². The van der Waals surface area contributed by atoms with Crippen LogP contribution in [0.1, 0.15) is 16.8 Å². The number of nitrogens with zero attached hydrogens (tertiary/aromatic N) is 2. The van der Waals surface area contributed by atoms with Gasteiger partial charge in [-0.05, 0) is 38.2 Å². The molecule has 0 aromatic heterocycles. The number of anilines is 1. The quantitative estimate of drug-likeness (QED) is 0.619. The van der Waals surface area contributed by atoms with Gasteiger partial charge in [0.2, 0.25) is 0 Å². The van der Waals surface area contributed by atoms with E-state index in [-0.39, 0.29) is 5.91 Å². The number of piperazine rings is 1. The number of halogens is 1. The SMILES string of the molecule is CN1CCN(CCCNC(=O)c2ccc(Br)cc2N)CC1. The van der Waals surface area contributed by atoms with Gasteiger partial charge in [-0.25, -0.2) is 0 Å². The maximum absolute atomic E-state index is 12.0. The molecule has 2 rings (SSSR count). The van der Waals surface area contributed by atoms with Crippen molar-refractivity contribution in [1.29, 1.82) is 0 Å². The molecular weight excluding hydrogens is 332 g/mol. The van der Waals surface area contributed by atoms with Gasteiger partial charge >= 0.3 is 0 Å². The van der Waals surface area contributed by atoms with Gasteiger partial charge < -0.3 is 20.9 Å². The van der Waals surface area contributed by atoms with Crippen LogP contribution in [0.3, 0.4) is 0 Å². The van der Waals surface area contributed by atoms with E-state index in [0.717, 1.165) is 43.6 Å². The van der Waals surface area contributed by atoms with Gasteiger partial charge in [0.1, 0.15) is 0 Å². The number of hydrogen-bond acceptors (Lipinski definition) is 4. The number of carbonyl (C=O) groups is 1. The van der Waals surface area contributed by atoms with Crippen molar-refractivity contribution in [3.8, 4) is 0 Å². The van der Waals surface area contributed by atoms with E-state index in [0.29, 0.717) is 17.8 Å². The van der Waals surface area contributed by atoms with E-state index in [4.69, 9.17) is 5.73 Å². The number of nitrogens with one attached hydrogen (secondary N) is 1. The average molecular weight is 355 g/mol. The minimum Gasteiger partial charge on any atom is -0.398 e. The first-order valence-corrected chi connectivity index (χ1v) is 8.09. The first-order chi connectivity index (χ1) is 10.1. The molecule has 0 atom stereocenters. The van der Waals surface area contributed by atoms with Gasteiger partial charge in [0.05, 0.1) is 5.56 Å². The molecule has 1 aliphatic heterocycles. The number of benzene rings is 1. The van der Waals surface area contributed by atoms with Gasteiger partial charge in [-0.3, -0.25) is 4.79 Å². The van der Waals surface area contributed by atoms with Crippen LogP contribution in [0, 0.1) is 0 Å². The second-order valence-corrected chi connectivity index (χ2v) is 6.40. The lowest BCUT2D eigenvalue weighted by molar-refractivity contribution is 0.0950. The lowest BCUT2D eigenvalue weighted by Crippen LogP contribution is -2.45. The summed E-state index contributed by atoms with van der Waals surface area (Å²) in [5.41, 5.74) is 6.89. The summed E-state index contributed by atoms with van der Waals surface area (Å²) < 4.78 is 0.881. The molecule has 1 aromatic carbocycles. The molecule has 116 valence electrons. The molecule has 0 radical (unpaired) electrons. The molecule has 21 heavy (non-hydrogen) atoms. The summed E-state index contributed by atoms with van der Waals surface area (Å²) in [7, 11) is 2.15. The normalized spacial score (nSPS) is 16.9. The van der Waals surface area contributed by atoms with E-state index in [1.807, 2.05) is 6.07 Å². The van der Waals surface area contributed by atoms with E-state index >= 15 is 0 Å². The first kappa shape index (κ1) is 16.3. The van der Waals surface area contributed by atoms with Crippen molar-refractivity contribution in [2.75, 3.05) is 52.0 Å². The molecule has 0 unspecified atom stereocenters. The molecule has 0 bridgehead atoms. The molecule has 1 aromatic rings. The molecule has 1 aliphatic rings. The second kappa shape index (κ2) is 7.77. The number of nitrogens with two attached hydrogens (primary N) is 1. The molecule has 3 N–H and O–H groups in total. The molecule has 0 aliphatic carbocycles. The van der Waals surface area contributed by atoms with Crippen molar-refractivity contribution in [2.45, 2.75) is 6.42 Å². The highest BCUT2D eigenvalue weighted by molar-refractivity contribution is 9.10. The molecule has 1 heterocycles. The predicted molar refractivity (Wildman–Crippen MR) is 89.4 cm³/mol. The molecule has 1 saturated heterocycles. The third kappa shape index (κ3) is 4.98. The summed E-state index contributed by atoms with van der Waals surface area (Å²) in [6, 6.07) is 5.32. The van der Waals surface area contributed by atoms with E-state index in [1.165, 1.54) is 0 Å². The number of carbonyl (C=O) groups excluding carboxylic acids is 1. The third-order valence-corrected chi connectivity index (χ3v) is 4.28. The molecular formula is C15H23BrN4O. The summed E-state index contributed by atoms with van der Waals surface area (Å²) in [4.78, 5) is 16.8. The van der Waals surface area contributed by atoms with Gasteiger partial charge in [0.15, 0.2) is 0 Å². The zero-order valence-electron chi connectivity index (χ0n) is 12.4. The molecule has 1 fully saturated rings. The Bertz CT molecular complexity index is 487. The summed E-state index contributed by atoms with van der Waals surface area (Å²) >= 11 is 3.34. The molecule has 5 nitrogen and oxygen atoms in total. The lowest BCUT2D eigenvalue weighted by Gasteiger charge is -2.32. The van der Waals surface area contributed by atoms with Crippen LogP contribution >= 0.6 is 15.9 Å². The van der Waals surface area contributed by atoms with Gasteiger partial charge in [-0.2, -0.15) is 0 Å². The Morgan fingerprint density at radius 1 is 1.33 bits per heavy atom. The van der Waals surface area contributed by atoms with Crippen LogP contribution < -0.4 is 11.1 Å². The zero-order chi connectivity index (χ0) is 15.2. The fraction of sp³-hybridized carbons (Fsp3) is 0.533. The summed E-state index contributed by atoms with van der Waals surface area (Å²) in [6.45, 7) is 6.20. The Morgan fingerprint density at radius 3 is 2.71 bits per heavy atom. The van der Waals surface area contributed by atoms with E-state index in [1.54, 1.807) is 12.1 Å². The van der Waals surface area contributed by atoms with E-state index < -0.39 is 0 Å². The third-order valence-electron chi connectivity index (χ3n) is 3.79. The molecule has 0 spiro atoms. The highest BCUT2D eigenvalue weighted by Gasteiger charge is 2.13. The smallest absolute Gasteiger partial charge is 0.253 e. The number of amides is 1. The van der Waals surface area contributed by atoms with Gasteiger partial charge in [0, 0.05) is 42.9 Å². The molecule has 6 heteroatoms. The van der Waals surface area contributed by atoms with E-state index in [2.05, 4.69) is 38.1 Å². The minimum absolute atomic E-state index is 0.0987. The van der Waals surface area contributed by atoms with Crippen molar-refractivity contribution < 1.29 is 4.79 Å². The average Bonchev–Trinajstić information content (AvgIpc) is 2.45. The van der Waals surface area contributed by atoms with Crippen LogP contribution in [0.25, 0.3) is 0 Å². The number of rotatable bonds is 5. The van der Waals surface area contributed by atoms with Crippen molar-refractivity contribution in [1.82, 2.24) is 15.1 Å². The number of nitrogen functional groups attached to an aromatic ring is 1. The summed E-state index contributed by atoms with van der Waals surface area (Å²) in [6.07, 6.45) is 0.964. The highest BCUT2D eigenvalue weighted by atomic mass is 79.9. The fourth-order valence-electron chi connectivity index (χ4n) is 2.41. The van der Waals surface area contributed by atoms with Crippen LogP contribution in [0.15, 0.2) is 22.7 Å². The Balaban J connectivity index is 1.69. The van der Waals surface area contributed by atoms with Crippen LogP contribution in [0.4, 0.5) is 5.69 Å². The maximum Gasteiger partial charge on any atom is 0.253 e. The topological polar surface area (TPSA) is 61.6 Å². The largest absolute Gasteiger partial charge is 0.398 e. The van der Waals surface area contributed by atoms with Crippen LogP contribution in [-0.2, 0) is 0 Å². The predicted octanol–water partition coefficient (Wildman–Crippen LogP) is 1.40. The minimum atomic E-state index is -0.0987. The Kier molecular flexibility index (Phi) is 6.02. The Labute approximate surface area is 134 Å². The maximum atomic E-state index is 12.0. The fourth-order valence-corrected chi connectivity index (χ4v) is 2.79. The second-order valence-electron chi connectivity index (χ2n) is 5.49. The summed E-state index contributed by atoms with van der Waals surface area (Å²) in [5.74, 6) is -0.0987. The van der Waals surface area contributed by atoms with Gasteiger partial charge in [-0.1, -0.05) is 15.9 Å². The van der Waals surface area contributed by atoms with Gasteiger partial charge in [0.25, 0.3) is 5.91 Å². The van der Waals surface area contributed by atoms with Crippen molar-refractivity contribution >= 4 is 27.5 Å². The van der Waals surface area contributed by atoms with Crippen molar-refractivity contribution in [3.63, 3.8) is 0 Å². The van der Waals surface area contributed by atoms with Crippen LogP contribution in [0.2, 0.25) is 0 Å². The zero-order valence-corrected chi connectivity index (χ0v) is 14.0. The summed E-state index contributed by atoms with van der Waals surface area (Å²) in [5, 5.41) is 2.94. The lowest BCUT2D eigenvalue weighted by atomic mass is 10.1.